The van der Waals surface area contributed by atoms with Crippen molar-refractivity contribution >= 4 is 43.1 Å². The van der Waals surface area contributed by atoms with E-state index in [1.165, 1.54) is 132 Å². The second kappa shape index (κ2) is 13.0. The molecule has 0 spiro atoms. The van der Waals surface area contributed by atoms with E-state index in [0.29, 0.717) is 0 Å². The highest BCUT2D eigenvalue weighted by molar-refractivity contribution is 6.22. The van der Waals surface area contributed by atoms with Crippen LogP contribution in [0.5, 0.6) is 0 Å². The molecule has 0 nitrogen and oxygen atoms in total. The largest absolute Gasteiger partial charge is 0.0622 e. The summed E-state index contributed by atoms with van der Waals surface area (Å²) in [6, 6.07) is 77.2. The highest BCUT2D eigenvalue weighted by Crippen LogP contribution is 2.50. The van der Waals surface area contributed by atoms with Gasteiger partial charge >= 0.3 is 0 Å². The summed E-state index contributed by atoms with van der Waals surface area (Å²) < 4.78 is 0. The molecule has 0 saturated heterocycles. The van der Waals surface area contributed by atoms with Crippen LogP contribution >= 0.6 is 0 Å². The number of rotatable bonds is 4. The summed E-state index contributed by atoms with van der Waals surface area (Å²) in [5.41, 5.74) is 21.5. The van der Waals surface area contributed by atoms with E-state index in [0.717, 1.165) is 12.8 Å². The van der Waals surface area contributed by atoms with Gasteiger partial charge in [-0.15, -0.1) is 0 Å². The Balaban J connectivity index is 0.957. The average Bonchev–Trinajstić information content (AvgIpc) is 3.88. The van der Waals surface area contributed by atoms with Gasteiger partial charge in [0.2, 0.25) is 0 Å². The van der Waals surface area contributed by atoms with Crippen molar-refractivity contribution in [3.63, 3.8) is 0 Å². The van der Waals surface area contributed by atoms with Gasteiger partial charge in [0.05, 0.1) is 0 Å². The van der Waals surface area contributed by atoms with E-state index in [2.05, 4.69) is 206 Å². The lowest BCUT2D eigenvalue weighted by Crippen LogP contribution is -1.92. The van der Waals surface area contributed by atoms with Crippen molar-refractivity contribution in [3.8, 4) is 66.8 Å². The van der Waals surface area contributed by atoms with Gasteiger partial charge in [-0.3, -0.25) is 0 Å². The van der Waals surface area contributed by atoms with Gasteiger partial charge in [-0.25, -0.2) is 0 Å². The van der Waals surface area contributed by atoms with Gasteiger partial charge in [-0.1, -0.05) is 194 Å². The van der Waals surface area contributed by atoms with Gasteiger partial charge in [0.15, 0.2) is 0 Å². The monoisotopic (exact) mass is 758 g/mol. The third-order valence-electron chi connectivity index (χ3n) is 13.4. The van der Waals surface area contributed by atoms with Crippen LogP contribution in [0.4, 0.5) is 0 Å². The molecule has 0 radical (unpaired) electrons. The van der Waals surface area contributed by atoms with Crippen LogP contribution in [0.3, 0.4) is 0 Å². The molecule has 13 rings (SSSR count). The average molecular weight is 759 g/mol. The van der Waals surface area contributed by atoms with E-state index in [-0.39, 0.29) is 0 Å². The Kier molecular flexibility index (Phi) is 7.23. The first kappa shape index (κ1) is 33.4. The Morgan fingerprint density at radius 1 is 0.200 bits per heavy atom. The maximum absolute atomic E-state index is 2.49. The zero-order chi connectivity index (χ0) is 39.3. The third-order valence-corrected chi connectivity index (χ3v) is 13.4. The van der Waals surface area contributed by atoms with Crippen molar-refractivity contribution in [2.75, 3.05) is 0 Å². The minimum Gasteiger partial charge on any atom is -0.0622 e. The first-order valence-corrected chi connectivity index (χ1v) is 21.2. The summed E-state index contributed by atoms with van der Waals surface area (Å²) in [6.45, 7) is 0. The Labute approximate surface area is 349 Å². The molecule has 0 aliphatic heterocycles. The van der Waals surface area contributed by atoms with Gasteiger partial charge < -0.3 is 0 Å². The Hall–Kier alpha value is -7.54. The van der Waals surface area contributed by atoms with Gasteiger partial charge in [0.25, 0.3) is 0 Å². The first-order chi connectivity index (χ1) is 29.8. The Morgan fingerprint density at radius 3 is 0.883 bits per heavy atom. The fourth-order valence-corrected chi connectivity index (χ4v) is 10.9. The minimum atomic E-state index is 0.927. The topological polar surface area (TPSA) is 0 Å². The highest BCUT2D eigenvalue weighted by atomic mass is 14.3. The second-order valence-electron chi connectivity index (χ2n) is 16.7. The van der Waals surface area contributed by atoms with Crippen LogP contribution in [0.2, 0.25) is 0 Å². The maximum Gasteiger partial charge on any atom is -0.00128 e. The van der Waals surface area contributed by atoms with E-state index in [1.807, 2.05) is 0 Å². The lowest BCUT2D eigenvalue weighted by molar-refractivity contribution is 1.27. The van der Waals surface area contributed by atoms with Crippen molar-refractivity contribution in [2.24, 2.45) is 0 Å². The number of fused-ring (bicyclic) bond motifs is 12. The molecular formula is C60H38. The van der Waals surface area contributed by atoms with Crippen molar-refractivity contribution in [1.29, 1.82) is 0 Å². The molecule has 0 heterocycles. The smallest absolute Gasteiger partial charge is 0.00128 e. The summed E-state index contributed by atoms with van der Waals surface area (Å²) in [4.78, 5) is 0. The predicted molar refractivity (Wildman–Crippen MR) is 255 cm³/mol. The zero-order valence-electron chi connectivity index (χ0n) is 33.0. The van der Waals surface area contributed by atoms with Crippen LogP contribution in [0.25, 0.3) is 110 Å². The third kappa shape index (κ3) is 4.92. The predicted octanol–water partition coefficient (Wildman–Crippen LogP) is 16.1. The molecule has 0 N–H and O–H groups in total. The van der Waals surface area contributed by atoms with Crippen LogP contribution in [0.1, 0.15) is 22.3 Å². The fraction of sp³-hybridized carbons (Fsp3) is 0.0333. The molecule has 0 atom stereocenters. The molecule has 60 heavy (non-hydrogen) atoms. The van der Waals surface area contributed by atoms with Crippen molar-refractivity contribution in [3.05, 3.63) is 229 Å². The van der Waals surface area contributed by atoms with Crippen LogP contribution in [-0.4, -0.2) is 0 Å². The van der Waals surface area contributed by atoms with Crippen LogP contribution in [0.15, 0.2) is 206 Å². The second-order valence-corrected chi connectivity index (χ2v) is 16.7. The lowest BCUT2D eigenvalue weighted by atomic mass is 9.84. The molecule has 0 unspecified atom stereocenters. The van der Waals surface area contributed by atoms with Crippen molar-refractivity contribution in [2.45, 2.75) is 12.8 Å². The van der Waals surface area contributed by atoms with Crippen molar-refractivity contribution < 1.29 is 0 Å². The number of hydrogen-bond donors (Lipinski definition) is 0. The maximum atomic E-state index is 2.49. The van der Waals surface area contributed by atoms with Crippen LogP contribution < -0.4 is 0 Å². The molecule has 0 saturated carbocycles. The Bertz CT molecular complexity index is 3280. The van der Waals surface area contributed by atoms with E-state index in [9.17, 15) is 0 Å². The number of benzene rings is 11. The summed E-state index contributed by atoms with van der Waals surface area (Å²) in [6.07, 6.45) is 1.85. The van der Waals surface area contributed by atoms with Gasteiger partial charge in [-0.05, 0) is 157 Å². The zero-order valence-corrected chi connectivity index (χ0v) is 33.0. The van der Waals surface area contributed by atoms with Gasteiger partial charge in [0, 0.05) is 0 Å². The molecule has 278 valence electrons. The molecule has 0 aromatic heterocycles. The Morgan fingerprint density at radius 2 is 0.517 bits per heavy atom. The molecule has 2 aliphatic carbocycles. The molecule has 0 fully saturated rings. The molecular weight excluding hydrogens is 721 g/mol. The lowest BCUT2D eigenvalue weighted by Gasteiger charge is -2.19. The first-order valence-electron chi connectivity index (χ1n) is 21.2. The summed E-state index contributed by atoms with van der Waals surface area (Å²) >= 11 is 0. The van der Waals surface area contributed by atoms with Gasteiger partial charge in [-0.2, -0.15) is 0 Å². The molecule has 11 aromatic rings. The fourth-order valence-electron chi connectivity index (χ4n) is 10.9. The van der Waals surface area contributed by atoms with E-state index in [4.69, 9.17) is 0 Å². The minimum absolute atomic E-state index is 0.927. The summed E-state index contributed by atoms with van der Waals surface area (Å²) in [7, 11) is 0. The summed E-state index contributed by atoms with van der Waals surface area (Å²) in [5.74, 6) is 0. The van der Waals surface area contributed by atoms with Crippen LogP contribution in [0, 0.1) is 0 Å². The van der Waals surface area contributed by atoms with E-state index in [1.54, 1.807) is 0 Å². The van der Waals surface area contributed by atoms with E-state index >= 15 is 0 Å². The molecule has 0 bridgehead atoms. The molecule has 11 aromatic carbocycles. The molecule has 2 aliphatic rings. The number of hydrogen-bond acceptors (Lipinski definition) is 0. The SMILES string of the molecule is c1ccc(-c2cc3c(c4ccccc24)-c2ccc(-c4c5ccccc5c(-c5ccc6c(c5)Cc5cc(-c7ccccc7)c7ccccc7c5-6)c5ccccc45)cc2C3)cc1. The van der Waals surface area contributed by atoms with E-state index < -0.39 is 0 Å². The van der Waals surface area contributed by atoms with Gasteiger partial charge in [0.1, 0.15) is 0 Å². The van der Waals surface area contributed by atoms with Crippen molar-refractivity contribution in [1.82, 2.24) is 0 Å². The molecule has 0 heteroatoms. The normalized spacial score (nSPS) is 12.5. The molecule has 0 amide bonds. The standard InChI is InChI=1S/C60H38/c1-3-15-37(16-4-1)55-35-43-33-41-31-39(27-29-45(41)59(43)49-21-9-7-19-47(49)55)57-51-23-11-13-25-53(51)58(54-26-14-12-24-52(54)57)40-28-30-46-42(32-40)34-44-36-56(38-17-5-2-6-18-38)48-20-8-10-22-50(48)60(44)46/h1-32,35-36H,33-34H2. The summed E-state index contributed by atoms with van der Waals surface area (Å²) in [5, 5.41) is 10.5. The van der Waals surface area contributed by atoms with Crippen LogP contribution in [-0.2, 0) is 12.8 Å². The highest BCUT2D eigenvalue weighted by Gasteiger charge is 2.27. The quantitative estimate of drug-likeness (QED) is 0.157.